The van der Waals surface area contributed by atoms with E-state index in [-0.39, 0.29) is 0 Å². The molecule has 3 aromatic carbocycles. The van der Waals surface area contributed by atoms with E-state index in [0.29, 0.717) is 0 Å². The molecule has 0 atom stereocenters. The third kappa shape index (κ3) is 6.12. The van der Waals surface area contributed by atoms with Crippen molar-refractivity contribution in [2.45, 2.75) is 78.1 Å². The van der Waals surface area contributed by atoms with Gasteiger partial charge in [-0.1, -0.05) is 106 Å². The fourth-order valence-corrected chi connectivity index (χ4v) is 5.46. The molecule has 0 bridgehead atoms. The van der Waals surface area contributed by atoms with E-state index in [1.165, 1.54) is 90.8 Å². The molecule has 0 nitrogen and oxygen atoms in total. The highest BCUT2D eigenvalue weighted by atomic mass is 14.3. The summed E-state index contributed by atoms with van der Waals surface area (Å²) in [6.07, 6.45) is 17.9. The Labute approximate surface area is 195 Å². The molecule has 0 amide bonds. The number of hydrogen-bond donors (Lipinski definition) is 0. The molecule has 0 aromatic heterocycles. The van der Waals surface area contributed by atoms with Crippen LogP contribution in [0.3, 0.4) is 0 Å². The summed E-state index contributed by atoms with van der Waals surface area (Å²) in [6.45, 7) is 4.38. The summed E-state index contributed by atoms with van der Waals surface area (Å²) >= 11 is 0. The fourth-order valence-electron chi connectivity index (χ4n) is 5.46. The zero-order chi connectivity index (χ0) is 22.2. The van der Waals surface area contributed by atoms with Crippen LogP contribution >= 0.6 is 0 Å². The summed E-state index contributed by atoms with van der Waals surface area (Å²) in [5.41, 5.74) is 5.59. The molecule has 0 saturated heterocycles. The van der Waals surface area contributed by atoms with E-state index >= 15 is 0 Å². The van der Waals surface area contributed by atoms with Crippen LogP contribution in [0.15, 0.2) is 72.8 Å². The maximum atomic E-state index is 2.35. The van der Waals surface area contributed by atoms with Gasteiger partial charge in [0.25, 0.3) is 0 Å². The molecule has 1 saturated carbocycles. The smallest absolute Gasteiger partial charge is 0.0178 e. The molecule has 0 spiro atoms. The van der Waals surface area contributed by atoms with Crippen molar-refractivity contribution in [2.24, 2.45) is 11.8 Å². The Kier molecular flexibility index (Phi) is 8.21. The average Bonchev–Trinajstić information content (AvgIpc) is 2.84. The number of hydrogen-bond acceptors (Lipinski definition) is 0. The predicted octanol–water partition coefficient (Wildman–Crippen LogP) is 9.55. The van der Waals surface area contributed by atoms with E-state index in [2.05, 4.69) is 86.7 Å². The normalized spacial score (nSPS) is 19.1. The lowest BCUT2D eigenvalue weighted by Crippen LogP contribution is -2.15. The third-order valence-electron chi connectivity index (χ3n) is 7.52. The summed E-state index contributed by atoms with van der Waals surface area (Å²) in [6, 6.07) is 23.2. The molecular formula is C32H40. The maximum Gasteiger partial charge on any atom is -0.0178 e. The maximum absolute atomic E-state index is 2.35. The summed E-state index contributed by atoms with van der Waals surface area (Å²) in [5.74, 6) is 1.91. The van der Waals surface area contributed by atoms with Gasteiger partial charge >= 0.3 is 0 Å². The summed E-state index contributed by atoms with van der Waals surface area (Å²) in [5, 5.41) is 2.70. The molecule has 1 aliphatic carbocycles. The first-order valence-corrected chi connectivity index (χ1v) is 13.0. The van der Waals surface area contributed by atoms with Gasteiger partial charge in [0.1, 0.15) is 0 Å². The number of allylic oxidation sites excluding steroid dienone is 2. The fraction of sp³-hybridized carbons (Fsp3) is 0.438. The molecule has 0 N–H and O–H groups in total. The van der Waals surface area contributed by atoms with E-state index in [9.17, 15) is 0 Å². The number of rotatable bonds is 9. The molecule has 0 heteroatoms. The number of benzene rings is 3. The minimum Gasteiger partial charge on any atom is -0.0917 e. The van der Waals surface area contributed by atoms with E-state index in [0.717, 1.165) is 18.3 Å². The second-order valence-corrected chi connectivity index (χ2v) is 9.92. The predicted molar refractivity (Wildman–Crippen MR) is 141 cm³/mol. The average molecular weight is 425 g/mol. The van der Waals surface area contributed by atoms with Gasteiger partial charge in [0, 0.05) is 0 Å². The van der Waals surface area contributed by atoms with Gasteiger partial charge in [-0.3, -0.25) is 0 Å². The van der Waals surface area contributed by atoms with Gasteiger partial charge in [-0.15, -0.1) is 0 Å². The molecular weight excluding hydrogens is 384 g/mol. The molecule has 0 aliphatic heterocycles. The van der Waals surface area contributed by atoms with Crippen LogP contribution in [0.2, 0.25) is 0 Å². The first-order chi connectivity index (χ1) is 15.7. The molecule has 0 radical (unpaired) electrons. The molecule has 3 aromatic rings. The van der Waals surface area contributed by atoms with Crippen molar-refractivity contribution in [3.63, 3.8) is 0 Å². The molecule has 1 aliphatic rings. The Morgan fingerprint density at radius 1 is 0.688 bits per heavy atom. The Balaban J connectivity index is 1.30. The van der Waals surface area contributed by atoms with Crippen molar-refractivity contribution in [2.75, 3.05) is 0 Å². The highest BCUT2D eigenvalue weighted by Gasteiger charge is 2.20. The van der Waals surface area contributed by atoms with Crippen LogP contribution in [0.25, 0.3) is 21.9 Å². The van der Waals surface area contributed by atoms with E-state index < -0.39 is 0 Å². The standard InChI is InChI=1S/C32H40/c1-3-5-6-8-25-9-11-26(12-10-25)13-14-27-15-18-29(19-16-27)31-22-21-30-23-28(7-4-2)17-20-32(30)24-31/h3,5,15-26H,4,6-14H2,1-2H3/b5-3+. The van der Waals surface area contributed by atoms with E-state index in [1.807, 2.05) is 0 Å². The van der Waals surface area contributed by atoms with Crippen molar-refractivity contribution < 1.29 is 0 Å². The SMILES string of the molecule is C/C=C/CCC1CCC(CCc2ccc(-c3ccc4cc(CCC)ccc4c3)cc2)CC1. The molecule has 1 fully saturated rings. The zero-order valence-electron chi connectivity index (χ0n) is 20.2. The monoisotopic (exact) mass is 424 g/mol. The molecule has 32 heavy (non-hydrogen) atoms. The van der Waals surface area contributed by atoms with Gasteiger partial charge in [-0.2, -0.15) is 0 Å². The highest BCUT2D eigenvalue weighted by Crippen LogP contribution is 2.34. The highest BCUT2D eigenvalue weighted by molar-refractivity contribution is 5.87. The Hall–Kier alpha value is -2.34. The quantitative estimate of drug-likeness (QED) is 0.300. The van der Waals surface area contributed by atoms with Gasteiger partial charge in [0.05, 0.1) is 0 Å². The Morgan fingerprint density at radius 2 is 1.31 bits per heavy atom. The minimum atomic E-state index is 0.936. The first kappa shape index (κ1) is 22.8. The van der Waals surface area contributed by atoms with Gasteiger partial charge in [-0.05, 0) is 90.0 Å². The first-order valence-electron chi connectivity index (χ1n) is 13.0. The van der Waals surface area contributed by atoms with Crippen LogP contribution in [-0.4, -0.2) is 0 Å². The van der Waals surface area contributed by atoms with Gasteiger partial charge < -0.3 is 0 Å². The minimum absolute atomic E-state index is 0.936. The third-order valence-corrected chi connectivity index (χ3v) is 7.52. The van der Waals surface area contributed by atoms with Crippen LogP contribution in [-0.2, 0) is 12.8 Å². The van der Waals surface area contributed by atoms with Gasteiger partial charge in [-0.25, -0.2) is 0 Å². The molecule has 168 valence electrons. The van der Waals surface area contributed by atoms with Crippen molar-refractivity contribution in [3.8, 4) is 11.1 Å². The zero-order valence-corrected chi connectivity index (χ0v) is 20.2. The lowest BCUT2D eigenvalue weighted by molar-refractivity contribution is 0.254. The Morgan fingerprint density at radius 3 is 2.03 bits per heavy atom. The summed E-state index contributed by atoms with van der Waals surface area (Å²) < 4.78 is 0. The number of fused-ring (bicyclic) bond motifs is 1. The summed E-state index contributed by atoms with van der Waals surface area (Å²) in [7, 11) is 0. The lowest BCUT2D eigenvalue weighted by atomic mass is 9.78. The second-order valence-electron chi connectivity index (χ2n) is 9.92. The van der Waals surface area contributed by atoms with Crippen LogP contribution in [0.1, 0.15) is 76.3 Å². The van der Waals surface area contributed by atoms with Crippen LogP contribution < -0.4 is 0 Å². The summed E-state index contributed by atoms with van der Waals surface area (Å²) in [4.78, 5) is 0. The van der Waals surface area contributed by atoms with Gasteiger partial charge in [0.15, 0.2) is 0 Å². The van der Waals surface area contributed by atoms with Crippen molar-refractivity contribution in [3.05, 3.63) is 83.9 Å². The van der Waals surface area contributed by atoms with E-state index in [4.69, 9.17) is 0 Å². The van der Waals surface area contributed by atoms with Crippen molar-refractivity contribution in [1.82, 2.24) is 0 Å². The number of aryl methyl sites for hydroxylation is 2. The van der Waals surface area contributed by atoms with Crippen LogP contribution in [0.5, 0.6) is 0 Å². The molecule has 0 heterocycles. The van der Waals surface area contributed by atoms with E-state index in [1.54, 1.807) is 0 Å². The van der Waals surface area contributed by atoms with Crippen molar-refractivity contribution in [1.29, 1.82) is 0 Å². The molecule has 4 rings (SSSR count). The topological polar surface area (TPSA) is 0 Å². The van der Waals surface area contributed by atoms with Crippen molar-refractivity contribution >= 4 is 10.8 Å². The second kappa shape index (κ2) is 11.5. The van der Waals surface area contributed by atoms with Gasteiger partial charge in [0.2, 0.25) is 0 Å². The van der Waals surface area contributed by atoms with Crippen LogP contribution in [0.4, 0.5) is 0 Å². The molecule has 0 unspecified atom stereocenters. The van der Waals surface area contributed by atoms with Crippen LogP contribution in [0, 0.1) is 11.8 Å². The Bertz CT molecular complexity index is 1000. The largest absolute Gasteiger partial charge is 0.0917 e. The lowest BCUT2D eigenvalue weighted by Gasteiger charge is -2.28.